The number of aromatic nitrogens is 1. The molecule has 0 atom stereocenters. The van der Waals surface area contributed by atoms with E-state index in [-0.39, 0.29) is 5.91 Å². The average molecular weight is 306 g/mol. The fourth-order valence-corrected chi connectivity index (χ4v) is 3.09. The Morgan fingerprint density at radius 2 is 1.83 bits per heavy atom. The first-order chi connectivity index (χ1) is 11.2. The lowest BCUT2D eigenvalue weighted by molar-refractivity contribution is 0.0793. The molecule has 1 fully saturated rings. The molecular formula is C19H18N2O2. The number of likely N-dealkylation sites (tertiary alicyclic amines) is 1. The molecule has 4 nitrogen and oxygen atoms in total. The van der Waals surface area contributed by atoms with E-state index >= 15 is 0 Å². The van der Waals surface area contributed by atoms with E-state index in [0.717, 1.165) is 48.2 Å². The highest BCUT2D eigenvalue weighted by Crippen LogP contribution is 2.30. The molecule has 23 heavy (non-hydrogen) atoms. The van der Waals surface area contributed by atoms with Crippen LogP contribution < -0.4 is 0 Å². The van der Waals surface area contributed by atoms with Gasteiger partial charge in [-0.15, -0.1) is 0 Å². The van der Waals surface area contributed by atoms with Gasteiger partial charge in [0.05, 0.1) is 5.39 Å². The third-order valence-corrected chi connectivity index (χ3v) is 4.43. The molecule has 1 aromatic heterocycles. The number of hydrogen-bond acceptors (Lipinski definition) is 3. The fraction of sp³-hybridized carbons (Fsp3) is 0.263. The van der Waals surface area contributed by atoms with Gasteiger partial charge in [-0.25, -0.2) is 0 Å². The summed E-state index contributed by atoms with van der Waals surface area (Å²) in [6, 6.07) is 13.7. The number of amides is 1. The van der Waals surface area contributed by atoms with Crippen molar-refractivity contribution in [2.24, 2.45) is 0 Å². The van der Waals surface area contributed by atoms with Crippen LogP contribution in [0.4, 0.5) is 0 Å². The van der Waals surface area contributed by atoms with Crippen molar-refractivity contribution in [3.63, 3.8) is 0 Å². The largest absolute Gasteiger partial charge is 0.355 e. The zero-order valence-electron chi connectivity index (χ0n) is 13.1. The molecule has 1 saturated heterocycles. The number of nitrogens with zero attached hydrogens (tertiary/aromatic N) is 2. The maximum absolute atomic E-state index is 12.6. The van der Waals surface area contributed by atoms with Crippen LogP contribution in [0.5, 0.6) is 0 Å². The van der Waals surface area contributed by atoms with Crippen molar-refractivity contribution in [1.29, 1.82) is 0 Å². The summed E-state index contributed by atoms with van der Waals surface area (Å²) in [7, 11) is 0. The van der Waals surface area contributed by atoms with Crippen LogP contribution in [0.2, 0.25) is 0 Å². The molecule has 1 aliphatic heterocycles. The van der Waals surface area contributed by atoms with Crippen molar-refractivity contribution in [2.45, 2.75) is 19.8 Å². The standard InChI is InChI=1S/C19H18N2O2/c1-13-4-6-14(7-5-13)18-16-12-15(8-9-17(16)20-23-18)19(22)21-10-2-3-11-21/h4-9,12H,2-3,10-11H2,1H3. The SMILES string of the molecule is Cc1ccc(-c2onc3ccc(C(=O)N4CCCC4)cc23)cc1. The van der Waals surface area contributed by atoms with Gasteiger partial charge in [-0.05, 0) is 38.0 Å². The monoisotopic (exact) mass is 306 g/mol. The average Bonchev–Trinajstić information content (AvgIpc) is 3.24. The number of aryl methyl sites for hydroxylation is 1. The smallest absolute Gasteiger partial charge is 0.253 e. The van der Waals surface area contributed by atoms with E-state index < -0.39 is 0 Å². The number of rotatable bonds is 2. The Kier molecular flexibility index (Phi) is 3.37. The molecule has 4 heteroatoms. The summed E-state index contributed by atoms with van der Waals surface area (Å²) in [5.74, 6) is 0.816. The van der Waals surface area contributed by atoms with Crippen LogP contribution in [0.15, 0.2) is 47.0 Å². The minimum absolute atomic E-state index is 0.0976. The molecule has 3 aromatic rings. The van der Waals surface area contributed by atoms with Gasteiger partial charge in [0.2, 0.25) is 0 Å². The van der Waals surface area contributed by atoms with E-state index in [1.54, 1.807) is 0 Å². The van der Waals surface area contributed by atoms with Crippen LogP contribution in [-0.4, -0.2) is 29.1 Å². The number of hydrogen-bond donors (Lipinski definition) is 0. The van der Waals surface area contributed by atoms with Crippen LogP contribution in [0.25, 0.3) is 22.2 Å². The summed E-state index contributed by atoms with van der Waals surface area (Å²) in [6.07, 6.45) is 2.19. The molecule has 0 N–H and O–H groups in total. The van der Waals surface area contributed by atoms with Gasteiger partial charge in [-0.1, -0.05) is 35.0 Å². The Labute approximate surface area is 134 Å². The fourth-order valence-electron chi connectivity index (χ4n) is 3.09. The lowest BCUT2D eigenvalue weighted by Crippen LogP contribution is -2.27. The number of carbonyl (C=O) groups excluding carboxylic acids is 1. The van der Waals surface area contributed by atoms with E-state index in [0.29, 0.717) is 5.56 Å². The summed E-state index contributed by atoms with van der Waals surface area (Å²) in [6.45, 7) is 3.76. The minimum atomic E-state index is 0.0976. The van der Waals surface area contributed by atoms with E-state index in [9.17, 15) is 4.79 Å². The Morgan fingerprint density at radius 3 is 2.57 bits per heavy atom. The molecule has 0 unspecified atom stereocenters. The molecule has 0 spiro atoms. The van der Waals surface area contributed by atoms with Crippen LogP contribution >= 0.6 is 0 Å². The number of carbonyl (C=O) groups is 1. The predicted octanol–water partition coefficient (Wildman–Crippen LogP) is 4.04. The second kappa shape index (κ2) is 5.54. The highest BCUT2D eigenvalue weighted by molar-refractivity contribution is 6.01. The van der Waals surface area contributed by atoms with E-state index in [4.69, 9.17) is 4.52 Å². The first-order valence-corrected chi connectivity index (χ1v) is 7.98. The van der Waals surface area contributed by atoms with Gasteiger partial charge in [0.15, 0.2) is 5.76 Å². The van der Waals surface area contributed by atoms with Crippen LogP contribution in [-0.2, 0) is 0 Å². The van der Waals surface area contributed by atoms with Crippen molar-refractivity contribution in [3.05, 3.63) is 53.6 Å². The highest BCUT2D eigenvalue weighted by Gasteiger charge is 2.21. The summed E-state index contributed by atoms with van der Waals surface area (Å²) in [4.78, 5) is 14.5. The minimum Gasteiger partial charge on any atom is -0.355 e. The predicted molar refractivity (Wildman–Crippen MR) is 89.3 cm³/mol. The molecular weight excluding hydrogens is 288 g/mol. The molecule has 2 heterocycles. The van der Waals surface area contributed by atoms with E-state index in [1.165, 1.54) is 5.56 Å². The van der Waals surface area contributed by atoms with Gasteiger partial charge in [-0.2, -0.15) is 0 Å². The van der Waals surface area contributed by atoms with Crippen LogP contribution in [0.3, 0.4) is 0 Å². The molecule has 1 aliphatic rings. The van der Waals surface area contributed by atoms with Crippen molar-refractivity contribution in [3.8, 4) is 11.3 Å². The van der Waals surface area contributed by atoms with E-state index in [1.807, 2.05) is 47.4 Å². The molecule has 0 saturated carbocycles. The number of fused-ring (bicyclic) bond motifs is 1. The lowest BCUT2D eigenvalue weighted by atomic mass is 10.0. The molecule has 4 rings (SSSR count). The maximum atomic E-state index is 12.6. The highest BCUT2D eigenvalue weighted by atomic mass is 16.5. The van der Waals surface area contributed by atoms with Gasteiger partial charge in [-0.3, -0.25) is 4.79 Å². The zero-order valence-corrected chi connectivity index (χ0v) is 13.1. The van der Waals surface area contributed by atoms with Gasteiger partial charge in [0.25, 0.3) is 5.91 Å². The third kappa shape index (κ3) is 2.50. The van der Waals surface area contributed by atoms with Crippen molar-refractivity contribution < 1.29 is 9.32 Å². The first-order valence-electron chi connectivity index (χ1n) is 7.98. The first kappa shape index (κ1) is 14.0. The Hall–Kier alpha value is -2.62. The van der Waals surface area contributed by atoms with Crippen LogP contribution in [0.1, 0.15) is 28.8 Å². The molecule has 0 bridgehead atoms. The molecule has 1 amide bonds. The molecule has 2 aromatic carbocycles. The van der Waals surface area contributed by atoms with Gasteiger partial charge >= 0.3 is 0 Å². The van der Waals surface area contributed by atoms with Crippen molar-refractivity contribution in [1.82, 2.24) is 10.1 Å². The van der Waals surface area contributed by atoms with Gasteiger partial charge in [0.1, 0.15) is 5.52 Å². The van der Waals surface area contributed by atoms with Gasteiger partial charge < -0.3 is 9.42 Å². The summed E-state index contributed by atoms with van der Waals surface area (Å²) in [5.41, 5.74) is 3.65. The molecule has 0 aliphatic carbocycles. The lowest BCUT2D eigenvalue weighted by Gasteiger charge is -2.15. The van der Waals surface area contributed by atoms with Crippen molar-refractivity contribution in [2.75, 3.05) is 13.1 Å². The quantitative estimate of drug-likeness (QED) is 0.718. The second-order valence-corrected chi connectivity index (χ2v) is 6.11. The van der Waals surface area contributed by atoms with Crippen LogP contribution in [0, 0.1) is 6.92 Å². The second-order valence-electron chi connectivity index (χ2n) is 6.11. The molecule has 116 valence electrons. The van der Waals surface area contributed by atoms with E-state index in [2.05, 4.69) is 12.1 Å². The Balaban J connectivity index is 1.76. The van der Waals surface area contributed by atoms with Gasteiger partial charge in [0, 0.05) is 24.2 Å². The summed E-state index contributed by atoms with van der Waals surface area (Å²) >= 11 is 0. The van der Waals surface area contributed by atoms with Crippen molar-refractivity contribution >= 4 is 16.8 Å². The Bertz CT molecular complexity index is 859. The Morgan fingerprint density at radius 1 is 1.09 bits per heavy atom. The molecule has 0 radical (unpaired) electrons. The zero-order chi connectivity index (χ0) is 15.8. The maximum Gasteiger partial charge on any atom is 0.253 e. The topological polar surface area (TPSA) is 46.3 Å². The normalized spacial score (nSPS) is 14.6. The third-order valence-electron chi connectivity index (χ3n) is 4.43. The summed E-state index contributed by atoms with van der Waals surface area (Å²) in [5, 5.41) is 5.00. The summed E-state index contributed by atoms with van der Waals surface area (Å²) < 4.78 is 5.53. The number of benzene rings is 2.